The minimum absolute atomic E-state index is 0.128. The maximum atomic E-state index is 9.11. The van der Waals surface area contributed by atoms with Crippen molar-refractivity contribution in [1.82, 2.24) is 15.0 Å². The third kappa shape index (κ3) is 2.99. The zero-order chi connectivity index (χ0) is 18.1. The smallest absolute Gasteiger partial charge is 0.0918 e. The lowest BCUT2D eigenvalue weighted by Crippen LogP contribution is -2.13. The second-order valence-corrected chi connectivity index (χ2v) is 7.37. The first kappa shape index (κ1) is 16.8. The summed E-state index contributed by atoms with van der Waals surface area (Å²) in [5.41, 5.74) is 6.44. The number of aryl methyl sites for hydroxylation is 2. The minimum atomic E-state index is 0.128. The molecule has 5 nitrogen and oxygen atoms in total. The fourth-order valence-corrected chi connectivity index (χ4v) is 3.95. The molecule has 1 atom stereocenters. The topological polar surface area (TPSA) is 66.5 Å². The van der Waals surface area contributed by atoms with Gasteiger partial charge in [-0.3, -0.25) is 0 Å². The van der Waals surface area contributed by atoms with Gasteiger partial charge in [-0.15, -0.1) is 5.10 Å². The molecular weight excluding hydrogens is 390 g/mol. The molecule has 4 rings (SSSR count). The van der Waals surface area contributed by atoms with Crippen LogP contribution in [0.2, 0.25) is 0 Å². The predicted molar refractivity (Wildman–Crippen MR) is 105 cm³/mol. The molecule has 130 valence electrons. The molecule has 3 aromatic rings. The Morgan fingerprint density at radius 2 is 2.15 bits per heavy atom. The monoisotopic (exact) mass is 407 g/mol. The minimum Gasteiger partial charge on any atom is -0.378 e. The van der Waals surface area contributed by atoms with Crippen LogP contribution >= 0.6 is 15.9 Å². The number of anilines is 1. The summed E-state index contributed by atoms with van der Waals surface area (Å²) in [5.74, 6) is 0. The molecule has 2 heterocycles. The van der Waals surface area contributed by atoms with Crippen molar-refractivity contribution < 1.29 is 0 Å². The summed E-state index contributed by atoms with van der Waals surface area (Å²) in [4.78, 5) is 0. The van der Waals surface area contributed by atoms with E-state index in [0.29, 0.717) is 6.42 Å². The first-order valence-corrected chi connectivity index (χ1v) is 9.38. The van der Waals surface area contributed by atoms with Gasteiger partial charge >= 0.3 is 0 Å². The fourth-order valence-electron chi connectivity index (χ4n) is 3.57. The van der Waals surface area contributed by atoms with Crippen molar-refractivity contribution >= 4 is 21.6 Å². The van der Waals surface area contributed by atoms with Gasteiger partial charge in [0, 0.05) is 22.3 Å². The van der Waals surface area contributed by atoms with Crippen LogP contribution in [0.1, 0.15) is 29.3 Å². The number of hydrogen-bond donors (Lipinski definition) is 1. The van der Waals surface area contributed by atoms with E-state index in [-0.39, 0.29) is 6.04 Å². The first-order chi connectivity index (χ1) is 12.7. The van der Waals surface area contributed by atoms with Crippen LogP contribution in [0, 0.1) is 18.3 Å². The quantitative estimate of drug-likeness (QED) is 0.686. The number of aromatic nitrogens is 3. The molecule has 0 saturated heterocycles. The molecule has 0 bridgehead atoms. The Balaban J connectivity index is 1.79. The number of benzene rings is 2. The van der Waals surface area contributed by atoms with Crippen molar-refractivity contribution in [3.63, 3.8) is 0 Å². The van der Waals surface area contributed by atoms with Crippen molar-refractivity contribution in [3.05, 3.63) is 63.8 Å². The van der Waals surface area contributed by atoms with E-state index in [1.807, 2.05) is 35.9 Å². The average molecular weight is 408 g/mol. The summed E-state index contributed by atoms with van der Waals surface area (Å²) >= 11 is 3.61. The van der Waals surface area contributed by atoms with Crippen molar-refractivity contribution in [3.8, 4) is 17.3 Å². The summed E-state index contributed by atoms with van der Waals surface area (Å²) < 4.78 is 3.04. The highest BCUT2D eigenvalue weighted by Crippen LogP contribution is 2.38. The molecule has 0 radical (unpaired) electrons. The highest BCUT2D eigenvalue weighted by molar-refractivity contribution is 9.10. The van der Waals surface area contributed by atoms with E-state index >= 15 is 0 Å². The third-order valence-corrected chi connectivity index (χ3v) is 5.29. The molecule has 1 aromatic heterocycles. The maximum Gasteiger partial charge on any atom is 0.0918 e. The molecule has 0 fully saturated rings. The zero-order valence-corrected chi connectivity index (χ0v) is 16.0. The Morgan fingerprint density at radius 3 is 3.00 bits per heavy atom. The first-order valence-electron chi connectivity index (χ1n) is 8.58. The Kier molecular flexibility index (Phi) is 4.48. The van der Waals surface area contributed by atoms with E-state index < -0.39 is 0 Å². The molecule has 2 aromatic carbocycles. The van der Waals surface area contributed by atoms with Crippen molar-refractivity contribution in [2.24, 2.45) is 0 Å². The lowest BCUT2D eigenvalue weighted by atomic mass is 9.96. The van der Waals surface area contributed by atoms with Gasteiger partial charge in [-0.2, -0.15) is 5.26 Å². The number of nitrogens with zero attached hydrogens (tertiary/aromatic N) is 4. The molecule has 0 aliphatic carbocycles. The highest BCUT2D eigenvalue weighted by Gasteiger charge is 2.25. The molecule has 6 heteroatoms. The number of nitriles is 1. The lowest BCUT2D eigenvalue weighted by Gasteiger charge is -2.22. The zero-order valence-electron chi connectivity index (χ0n) is 14.4. The molecule has 0 amide bonds. The van der Waals surface area contributed by atoms with E-state index in [2.05, 4.69) is 55.8 Å². The molecule has 0 saturated carbocycles. The molecule has 0 spiro atoms. The van der Waals surface area contributed by atoms with Gasteiger partial charge in [0.2, 0.25) is 0 Å². The normalized spacial score (nSPS) is 15.5. The molecule has 1 aliphatic heterocycles. The summed E-state index contributed by atoms with van der Waals surface area (Å²) in [6.07, 6.45) is 1.28. The number of fused-ring (bicyclic) bond motifs is 3. The van der Waals surface area contributed by atoms with Crippen molar-refractivity contribution in [2.75, 3.05) is 5.32 Å². The van der Waals surface area contributed by atoms with Crippen molar-refractivity contribution in [2.45, 2.75) is 32.4 Å². The van der Waals surface area contributed by atoms with Gasteiger partial charge in [-0.05, 0) is 42.7 Å². The Bertz CT molecular complexity index is 1000. The van der Waals surface area contributed by atoms with Crippen LogP contribution in [-0.4, -0.2) is 15.0 Å². The SMILES string of the molecule is Cc1nnn2c1-c1ccc(Br)cc1C(Nc1ccccc1CC#N)CC2. The van der Waals surface area contributed by atoms with E-state index in [9.17, 15) is 0 Å². The molecular formula is C20H18BrN5. The van der Waals surface area contributed by atoms with Gasteiger partial charge < -0.3 is 5.32 Å². The number of nitrogens with one attached hydrogen (secondary N) is 1. The third-order valence-electron chi connectivity index (χ3n) is 4.79. The standard InChI is InChI=1S/C20H18BrN5/c1-13-20-16-7-6-15(21)12-17(16)19(9-11-26(20)25-24-13)23-18-5-3-2-4-14(18)8-10-22/h2-7,12,19,23H,8-9,11H2,1H3. The van der Waals surface area contributed by atoms with E-state index in [1.165, 1.54) is 5.56 Å². The number of para-hydroxylation sites is 1. The van der Waals surface area contributed by atoms with Gasteiger partial charge in [0.15, 0.2) is 0 Å². The van der Waals surface area contributed by atoms with Crippen LogP contribution in [0.5, 0.6) is 0 Å². The van der Waals surface area contributed by atoms with E-state index in [1.54, 1.807) is 0 Å². The molecule has 26 heavy (non-hydrogen) atoms. The summed E-state index contributed by atoms with van der Waals surface area (Å²) in [6.45, 7) is 2.79. The molecule has 1 unspecified atom stereocenters. The second kappa shape index (κ2) is 6.93. The summed E-state index contributed by atoms with van der Waals surface area (Å²) in [6, 6.07) is 16.8. The number of hydrogen-bond acceptors (Lipinski definition) is 4. The number of halogens is 1. The highest BCUT2D eigenvalue weighted by atomic mass is 79.9. The van der Waals surface area contributed by atoms with Crippen LogP contribution in [0.3, 0.4) is 0 Å². The van der Waals surface area contributed by atoms with Gasteiger partial charge in [-0.25, -0.2) is 4.68 Å². The largest absolute Gasteiger partial charge is 0.378 e. The molecule has 1 aliphatic rings. The van der Waals surface area contributed by atoms with Gasteiger partial charge in [0.05, 0.1) is 29.9 Å². The van der Waals surface area contributed by atoms with Crippen molar-refractivity contribution in [1.29, 1.82) is 5.26 Å². The Morgan fingerprint density at radius 1 is 1.31 bits per heavy atom. The predicted octanol–water partition coefficient (Wildman–Crippen LogP) is 4.64. The van der Waals surface area contributed by atoms with E-state index in [0.717, 1.165) is 45.6 Å². The summed E-state index contributed by atoms with van der Waals surface area (Å²) in [5, 5.41) is 21.3. The Labute approximate surface area is 160 Å². The second-order valence-electron chi connectivity index (χ2n) is 6.46. The average Bonchev–Trinajstić information content (AvgIpc) is 2.93. The van der Waals surface area contributed by atoms with Crippen LogP contribution in [0.15, 0.2) is 46.9 Å². The van der Waals surface area contributed by atoms with Crippen LogP contribution < -0.4 is 5.32 Å². The lowest BCUT2D eigenvalue weighted by molar-refractivity contribution is 0.539. The maximum absolute atomic E-state index is 9.11. The van der Waals surface area contributed by atoms with Gasteiger partial charge in [0.25, 0.3) is 0 Å². The van der Waals surface area contributed by atoms with E-state index in [4.69, 9.17) is 5.26 Å². The summed E-state index contributed by atoms with van der Waals surface area (Å²) in [7, 11) is 0. The number of rotatable bonds is 3. The fraction of sp³-hybridized carbons (Fsp3) is 0.250. The van der Waals surface area contributed by atoms with Crippen LogP contribution in [0.4, 0.5) is 5.69 Å². The van der Waals surface area contributed by atoms with Crippen LogP contribution in [0.25, 0.3) is 11.3 Å². The Hall–Kier alpha value is -2.65. The van der Waals surface area contributed by atoms with Gasteiger partial charge in [0.1, 0.15) is 0 Å². The van der Waals surface area contributed by atoms with Crippen LogP contribution in [-0.2, 0) is 13.0 Å². The molecule has 1 N–H and O–H groups in total. The van der Waals surface area contributed by atoms with Gasteiger partial charge in [-0.1, -0.05) is 45.4 Å².